The first-order valence-electron chi connectivity index (χ1n) is 11.6. The van der Waals surface area contributed by atoms with E-state index in [-0.39, 0.29) is 28.3 Å². The predicted octanol–water partition coefficient (Wildman–Crippen LogP) is 6.57. The fraction of sp³-hybridized carbons (Fsp3) is 0.222. The maximum atomic E-state index is 13.0. The van der Waals surface area contributed by atoms with E-state index in [4.69, 9.17) is 0 Å². The number of benzene rings is 2. The summed E-state index contributed by atoms with van der Waals surface area (Å²) < 4.78 is 41.8. The van der Waals surface area contributed by atoms with E-state index >= 15 is 0 Å². The van der Waals surface area contributed by atoms with Gasteiger partial charge in [-0.3, -0.25) is 4.79 Å². The van der Waals surface area contributed by atoms with E-state index in [2.05, 4.69) is 32.5 Å². The Labute approximate surface area is 211 Å². The van der Waals surface area contributed by atoms with Gasteiger partial charge in [-0.1, -0.05) is 24.3 Å². The average molecular weight is 512 g/mol. The molecule has 3 N–H and O–H groups in total. The summed E-state index contributed by atoms with van der Waals surface area (Å²) in [5.41, 5.74) is 1.47. The molecule has 4 rings (SSSR count). The Morgan fingerprint density at radius 3 is 2.59 bits per heavy atom. The zero-order valence-electron chi connectivity index (χ0n) is 19.6. The molecule has 0 bridgehead atoms. The lowest BCUT2D eigenvalue weighted by atomic mass is 9.92. The summed E-state index contributed by atoms with van der Waals surface area (Å²) in [5.74, 6) is -1.80. The Hall–Kier alpha value is -4.34. The third-order valence-electron chi connectivity index (χ3n) is 5.73. The lowest BCUT2D eigenvalue weighted by Gasteiger charge is -2.17. The number of nitrogens with zero attached hydrogens (tertiary/aromatic N) is 1. The lowest BCUT2D eigenvalue weighted by Crippen LogP contribution is -2.17. The molecule has 0 aliphatic heterocycles. The number of hydrogen-bond acceptors (Lipinski definition) is 5. The number of allylic oxidation sites excluding steroid dienone is 2. The van der Waals surface area contributed by atoms with Crippen LogP contribution in [-0.4, -0.2) is 28.3 Å². The van der Waals surface area contributed by atoms with Crippen molar-refractivity contribution in [2.45, 2.75) is 32.0 Å². The predicted molar refractivity (Wildman–Crippen MR) is 132 cm³/mol. The Balaban J connectivity index is 1.55. The van der Waals surface area contributed by atoms with Gasteiger partial charge in [0.25, 0.3) is 5.91 Å². The Bertz CT molecular complexity index is 1320. The lowest BCUT2D eigenvalue weighted by molar-refractivity contribution is -0.274. The zero-order chi connectivity index (χ0) is 26.4. The molecule has 1 aliphatic rings. The minimum Gasteiger partial charge on any atom is -0.478 e. The molecular formula is C27H24F3N3O4. The first-order chi connectivity index (χ1) is 17.7. The van der Waals surface area contributed by atoms with Gasteiger partial charge in [-0.2, -0.15) is 0 Å². The van der Waals surface area contributed by atoms with Crippen LogP contribution in [0, 0.1) is 5.92 Å². The van der Waals surface area contributed by atoms with E-state index in [1.165, 1.54) is 30.3 Å². The largest absolute Gasteiger partial charge is 0.573 e. The highest BCUT2D eigenvalue weighted by Crippen LogP contribution is 2.31. The molecular weight excluding hydrogens is 487 g/mol. The van der Waals surface area contributed by atoms with Crippen molar-refractivity contribution in [2.75, 3.05) is 10.6 Å². The van der Waals surface area contributed by atoms with Crippen LogP contribution in [0.5, 0.6) is 5.75 Å². The zero-order valence-corrected chi connectivity index (χ0v) is 19.6. The highest BCUT2D eigenvalue weighted by molar-refractivity contribution is 6.05. The topological polar surface area (TPSA) is 101 Å². The highest BCUT2D eigenvalue weighted by Gasteiger charge is 2.31. The molecule has 192 valence electrons. The Morgan fingerprint density at radius 2 is 1.86 bits per heavy atom. The summed E-state index contributed by atoms with van der Waals surface area (Å²) in [5, 5.41) is 15.0. The number of ether oxygens (including phenoxy) is 1. The molecule has 3 aromatic rings. The van der Waals surface area contributed by atoms with Crippen LogP contribution < -0.4 is 15.4 Å². The second kappa shape index (κ2) is 11.2. The highest BCUT2D eigenvalue weighted by atomic mass is 19.4. The van der Waals surface area contributed by atoms with E-state index < -0.39 is 24.0 Å². The number of aromatic carboxylic acids is 1. The molecule has 1 amide bonds. The first kappa shape index (κ1) is 25.7. The van der Waals surface area contributed by atoms with Crippen molar-refractivity contribution in [3.05, 3.63) is 89.8 Å². The second-order valence-electron chi connectivity index (χ2n) is 8.56. The standard InChI is InChI=1S/C27H24F3N3O4/c28-27(29,30)37-21-10-4-8-20(16-21)32-24-15-18(26(35)36)12-13-22(24)33-25(34)23-11-5-9-19(31-23)14-17-6-2-1-3-7-17/h2,4-6,8-13,15-17,32H,1,3,7,14H2,(H,33,34)(H,35,36)/t17-/m1/s1. The maximum absolute atomic E-state index is 13.0. The van der Waals surface area contributed by atoms with Crippen LogP contribution in [-0.2, 0) is 6.42 Å². The normalized spacial score (nSPS) is 15.2. The first-order valence-corrected chi connectivity index (χ1v) is 11.6. The molecule has 1 heterocycles. The molecule has 0 fully saturated rings. The SMILES string of the molecule is O=C(O)c1ccc(NC(=O)c2cccc(C[C@@H]3C=CCCC3)n2)c(Nc2cccc(OC(F)(F)F)c2)c1. The number of carbonyl (C=O) groups excluding carboxylic acids is 1. The van der Waals surface area contributed by atoms with E-state index in [0.717, 1.165) is 37.1 Å². The van der Waals surface area contributed by atoms with E-state index in [0.29, 0.717) is 12.3 Å². The number of carbonyl (C=O) groups is 2. The van der Waals surface area contributed by atoms with Crippen LogP contribution in [0.1, 0.15) is 45.8 Å². The number of amides is 1. The fourth-order valence-corrected chi connectivity index (χ4v) is 4.04. The number of aromatic nitrogens is 1. The Kier molecular flexibility index (Phi) is 7.76. The van der Waals surface area contributed by atoms with Crippen molar-refractivity contribution >= 4 is 28.9 Å². The molecule has 0 radical (unpaired) electrons. The third-order valence-corrected chi connectivity index (χ3v) is 5.73. The van der Waals surface area contributed by atoms with Crippen molar-refractivity contribution < 1.29 is 32.6 Å². The van der Waals surface area contributed by atoms with Crippen LogP contribution in [0.4, 0.5) is 30.2 Å². The summed E-state index contributed by atoms with van der Waals surface area (Å²) in [6.45, 7) is 0. The van der Waals surface area contributed by atoms with Crippen molar-refractivity contribution in [2.24, 2.45) is 5.92 Å². The van der Waals surface area contributed by atoms with Gasteiger partial charge in [-0.25, -0.2) is 9.78 Å². The quantitative estimate of drug-likeness (QED) is 0.296. The average Bonchev–Trinajstić information content (AvgIpc) is 2.85. The smallest absolute Gasteiger partial charge is 0.478 e. The number of alkyl halides is 3. The summed E-state index contributed by atoms with van der Waals surface area (Å²) in [4.78, 5) is 29.0. The van der Waals surface area contributed by atoms with E-state index in [1.807, 2.05) is 6.07 Å². The van der Waals surface area contributed by atoms with E-state index in [1.54, 1.807) is 12.1 Å². The number of carboxylic acids is 1. The molecule has 37 heavy (non-hydrogen) atoms. The summed E-state index contributed by atoms with van der Waals surface area (Å²) in [6, 6.07) is 14.2. The summed E-state index contributed by atoms with van der Waals surface area (Å²) in [7, 11) is 0. The van der Waals surface area contributed by atoms with Crippen LogP contribution in [0.15, 0.2) is 72.8 Å². The minimum absolute atomic E-state index is 0.0798. The van der Waals surface area contributed by atoms with Gasteiger partial charge < -0.3 is 20.5 Å². The Morgan fingerprint density at radius 1 is 1.05 bits per heavy atom. The molecule has 2 aromatic carbocycles. The molecule has 1 aromatic heterocycles. The van der Waals surface area contributed by atoms with Gasteiger partial charge in [0.2, 0.25) is 0 Å². The van der Waals surface area contributed by atoms with Gasteiger partial charge in [-0.15, -0.1) is 13.2 Å². The van der Waals surface area contributed by atoms with Crippen molar-refractivity contribution in [1.29, 1.82) is 0 Å². The van der Waals surface area contributed by atoms with Gasteiger partial charge in [0, 0.05) is 17.4 Å². The summed E-state index contributed by atoms with van der Waals surface area (Å²) in [6.07, 6.45) is 3.44. The number of pyridine rings is 1. The fourth-order valence-electron chi connectivity index (χ4n) is 4.04. The molecule has 1 atom stereocenters. The van der Waals surface area contributed by atoms with Gasteiger partial charge in [0.15, 0.2) is 0 Å². The molecule has 0 spiro atoms. The van der Waals surface area contributed by atoms with Crippen LogP contribution in [0.25, 0.3) is 0 Å². The molecule has 0 unspecified atom stereocenters. The van der Waals surface area contributed by atoms with Gasteiger partial charge in [0.05, 0.1) is 16.9 Å². The third kappa shape index (κ3) is 7.33. The van der Waals surface area contributed by atoms with Gasteiger partial charge in [0.1, 0.15) is 11.4 Å². The van der Waals surface area contributed by atoms with Crippen molar-refractivity contribution in [3.8, 4) is 5.75 Å². The molecule has 0 saturated carbocycles. The van der Waals surface area contributed by atoms with Gasteiger partial charge in [-0.05, 0) is 74.1 Å². The number of anilines is 3. The van der Waals surface area contributed by atoms with Crippen molar-refractivity contribution in [1.82, 2.24) is 4.98 Å². The van der Waals surface area contributed by atoms with Crippen LogP contribution >= 0.6 is 0 Å². The van der Waals surface area contributed by atoms with Gasteiger partial charge >= 0.3 is 12.3 Å². The number of rotatable bonds is 8. The van der Waals surface area contributed by atoms with Crippen molar-refractivity contribution in [3.63, 3.8) is 0 Å². The molecule has 0 saturated heterocycles. The molecule has 7 nitrogen and oxygen atoms in total. The minimum atomic E-state index is -4.87. The van der Waals surface area contributed by atoms with Crippen LogP contribution in [0.3, 0.4) is 0 Å². The van der Waals surface area contributed by atoms with Crippen LogP contribution in [0.2, 0.25) is 0 Å². The second-order valence-corrected chi connectivity index (χ2v) is 8.56. The number of carboxylic acid groups (broad SMARTS) is 1. The van der Waals surface area contributed by atoms with E-state index in [9.17, 15) is 27.9 Å². The molecule has 1 aliphatic carbocycles. The number of halogens is 3. The number of nitrogens with one attached hydrogen (secondary N) is 2. The monoisotopic (exact) mass is 511 g/mol. The molecule has 10 heteroatoms. The maximum Gasteiger partial charge on any atom is 0.573 e. The summed E-state index contributed by atoms with van der Waals surface area (Å²) >= 11 is 0. The number of hydrogen-bond donors (Lipinski definition) is 3.